The van der Waals surface area contributed by atoms with E-state index in [1.807, 2.05) is 0 Å². The molecule has 0 aromatic carbocycles. The van der Waals surface area contributed by atoms with Crippen LogP contribution in [0, 0.1) is 0 Å². The third kappa shape index (κ3) is 59.1. The molecule has 0 fully saturated rings. The number of hydrogen-bond donors (Lipinski definition) is 0. The Morgan fingerprint density at radius 1 is 0.286 bits per heavy atom. The van der Waals surface area contributed by atoms with Gasteiger partial charge >= 0.3 is 0 Å². The zero-order valence-corrected chi connectivity index (χ0v) is 9.39. The molecule has 0 nitrogen and oxygen atoms in total. The molecule has 0 rings (SSSR count). The van der Waals surface area contributed by atoms with Crippen molar-refractivity contribution in [3.8, 4) is 0 Å². The topological polar surface area (TPSA) is 0 Å². The van der Waals surface area contributed by atoms with Crippen LogP contribution in [0.4, 0.5) is 0 Å². The van der Waals surface area contributed by atoms with Gasteiger partial charge in [0.15, 0.2) is 0 Å². The summed E-state index contributed by atoms with van der Waals surface area (Å²) in [5.74, 6) is 0. The van der Waals surface area contributed by atoms with Gasteiger partial charge < -0.3 is 74.4 Å². The second kappa shape index (κ2) is 78.9. The second-order valence-electron chi connectivity index (χ2n) is 0. The zero-order valence-electron chi connectivity index (χ0n) is 2.58. The fourth-order valence-corrected chi connectivity index (χ4v) is 0. The van der Waals surface area contributed by atoms with Gasteiger partial charge in [0.1, 0.15) is 0 Å². The summed E-state index contributed by atoms with van der Waals surface area (Å²) in [6.45, 7) is 0. The molecule has 0 aromatic heterocycles. The van der Waals surface area contributed by atoms with Crippen molar-refractivity contribution >= 4 is 0 Å². The van der Waals surface area contributed by atoms with E-state index in [0.717, 1.165) is 0 Å². The Labute approximate surface area is 94.7 Å². The fourth-order valence-electron chi connectivity index (χ4n) is 0. The van der Waals surface area contributed by atoms with Crippen molar-refractivity contribution < 1.29 is 95.5 Å². The van der Waals surface area contributed by atoms with Gasteiger partial charge in [-0.3, -0.25) is 0 Å². The Bertz CT molecular complexity index is 4.14. The molecule has 0 bridgehead atoms. The van der Waals surface area contributed by atoms with E-state index in [1.54, 1.807) is 0 Å². The van der Waals surface area contributed by atoms with Gasteiger partial charge in [-0.05, 0) is 0 Å². The normalized spacial score (nSPS) is 0. The van der Waals surface area contributed by atoms with E-state index in [0.29, 0.717) is 0 Å². The van der Waals surface area contributed by atoms with Crippen molar-refractivity contribution in [3.63, 3.8) is 0 Å². The summed E-state index contributed by atoms with van der Waals surface area (Å²) in [6, 6.07) is 0. The molecular formula is Cl6Pt-6. The SMILES string of the molecule is [Cl-].[Cl-].[Cl-].[Cl-].[Cl-].[Cl-].[Pt]. The Morgan fingerprint density at radius 3 is 0.286 bits per heavy atom. The van der Waals surface area contributed by atoms with Crippen LogP contribution in [0.2, 0.25) is 0 Å². The quantitative estimate of drug-likeness (QED) is 0.374. The van der Waals surface area contributed by atoms with Gasteiger partial charge in [-0.2, -0.15) is 0 Å². The van der Waals surface area contributed by atoms with Crippen molar-refractivity contribution in [1.82, 2.24) is 0 Å². The third-order valence-corrected chi connectivity index (χ3v) is 0. The van der Waals surface area contributed by atoms with Gasteiger partial charge in [-0.15, -0.1) is 0 Å². The average molecular weight is 408 g/mol. The van der Waals surface area contributed by atoms with Crippen LogP contribution in [0.5, 0.6) is 0 Å². The first kappa shape index (κ1) is 114. The van der Waals surface area contributed by atoms with E-state index in [-0.39, 0.29) is 95.5 Å². The van der Waals surface area contributed by atoms with Gasteiger partial charge in [0, 0.05) is 21.1 Å². The summed E-state index contributed by atoms with van der Waals surface area (Å²) in [7, 11) is 0. The first-order valence-corrected chi connectivity index (χ1v) is 0. The molecule has 0 aliphatic carbocycles. The fraction of sp³-hybridized carbons (Fsp3) is 0. The van der Waals surface area contributed by atoms with Gasteiger partial charge in [0.05, 0.1) is 0 Å². The minimum absolute atomic E-state index is 0. The molecule has 0 atom stereocenters. The van der Waals surface area contributed by atoms with Gasteiger partial charge in [0.2, 0.25) is 0 Å². The minimum Gasteiger partial charge on any atom is -1.00 e. The van der Waals surface area contributed by atoms with Crippen LogP contribution in [-0.4, -0.2) is 0 Å². The van der Waals surface area contributed by atoms with Crippen LogP contribution in [0.25, 0.3) is 0 Å². The van der Waals surface area contributed by atoms with Crippen LogP contribution >= 0.6 is 0 Å². The molecule has 0 aliphatic heterocycles. The predicted octanol–water partition coefficient (Wildman–Crippen LogP) is -18.0. The number of halogens is 6. The van der Waals surface area contributed by atoms with E-state index in [9.17, 15) is 0 Å². The molecule has 0 N–H and O–H groups in total. The smallest absolute Gasteiger partial charge is 0 e. The van der Waals surface area contributed by atoms with Crippen LogP contribution in [0.15, 0.2) is 0 Å². The summed E-state index contributed by atoms with van der Waals surface area (Å²) in [5.41, 5.74) is 0. The molecule has 0 saturated carbocycles. The Kier molecular flexibility index (Phi) is 1280. The summed E-state index contributed by atoms with van der Waals surface area (Å²) in [6.07, 6.45) is 0. The molecule has 0 amide bonds. The monoisotopic (exact) mass is 405 g/mol. The molecule has 0 heterocycles. The molecule has 0 unspecified atom stereocenters. The van der Waals surface area contributed by atoms with Gasteiger partial charge in [-0.25, -0.2) is 0 Å². The molecule has 0 spiro atoms. The first-order valence-electron chi connectivity index (χ1n) is 0. The Balaban J connectivity index is 0. The van der Waals surface area contributed by atoms with E-state index in [4.69, 9.17) is 0 Å². The van der Waals surface area contributed by atoms with Crippen LogP contribution in [-0.2, 0) is 21.1 Å². The molecule has 0 radical (unpaired) electrons. The third-order valence-electron chi connectivity index (χ3n) is 0. The first-order chi connectivity index (χ1) is 0. The van der Waals surface area contributed by atoms with Gasteiger partial charge in [0.25, 0.3) is 0 Å². The summed E-state index contributed by atoms with van der Waals surface area (Å²) >= 11 is 0. The van der Waals surface area contributed by atoms with Crippen LogP contribution < -0.4 is 74.4 Å². The maximum absolute atomic E-state index is 0. The maximum atomic E-state index is 0. The molecule has 7 heavy (non-hydrogen) atoms. The standard InChI is InChI=1S/6ClH.Pt/h6*1H;/p-6. The van der Waals surface area contributed by atoms with E-state index >= 15 is 0 Å². The van der Waals surface area contributed by atoms with E-state index in [1.165, 1.54) is 0 Å². The summed E-state index contributed by atoms with van der Waals surface area (Å²) in [4.78, 5) is 0. The summed E-state index contributed by atoms with van der Waals surface area (Å²) < 4.78 is 0. The van der Waals surface area contributed by atoms with Crippen molar-refractivity contribution in [2.45, 2.75) is 0 Å². The number of hydrogen-bond acceptors (Lipinski definition) is 0. The van der Waals surface area contributed by atoms with Gasteiger partial charge in [-0.1, -0.05) is 0 Å². The molecule has 7 heteroatoms. The summed E-state index contributed by atoms with van der Waals surface area (Å²) in [5, 5.41) is 0. The minimum atomic E-state index is 0. The van der Waals surface area contributed by atoms with Crippen molar-refractivity contribution in [3.05, 3.63) is 0 Å². The van der Waals surface area contributed by atoms with E-state index < -0.39 is 0 Å². The van der Waals surface area contributed by atoms with Crippen LogP contribution in [0.3, 0.4) is 0 Å². The van der Waals surface area contributed by atoms with Crippen LogP contribution in [0.1, 0.15) is 0 Å². The van der Waals surface area contributed by atoms with E-state index in [2.05, 4.69) is 0 Å². The molecule has 0 aromatic rings. The number of rotatable bonds is 0. The average Bonchev–Trinajstić information content (AvgIpc) is 0. The molecule has 0 aliphatic rings. The molecule has 0 saturated heterocycles. The van der Waals surface area contributed by atoms with Crippen molar-refractivity contribution in [1.29, 1.82) is 0 Å². The Hall–Kier alpha value is 2.43. The maximum Gasteiger partial charge on any atom is 0 e. The van der Waals surface area contributed by atoms with Crippen molar-refractivity contribution in [2.75, 3.05) is 0 Å². The molecular weight excluding hydrogens is 408 g/mol. The predicted molar refractivity (Wildman–Crippen MR) is 0 cm³/mol. The largest absolute Gasteiger partial charge is 1.00 e. The Morgan fingerprint density at radius 2 is 0.286 bits per heavy atom. The second-order valence-corrected chi connectivity index (χ2v) is 0. The zero-order chi connectivity index (χ0) is 0. The van der Waals surface area contributed by atoms with Crippen molar-refractivity contribution in [2.24, 2.45) is 0 Å². The molecule has 58 valence electrons.